The van der Waals surface area contributed by atoms with Gasteiger partial charge in [0.25, 0.3) is 0 Å². The molecule has 5 atom stereocenters. The van der Waals surface area contributed by atoms with E-state index >= 15 is 0 Å². The van der Waals surface area contributed by atoms with E-state index in [1.807, 2.05) is 0 Å². The Kier molecular flexibility index (Phi) is 8.20. The van der Waals surface area contributed by atoms with Crippen LogP contribution in [0.4, 0.5) is 0 Å². The smallest absolute Gasteiger partial charge is 0.303 e. The maximum Gasteiger partial charge on any atom is 0.303 e. The highest BCUT2D eigenvalue weighted by Crippen LogP contribution is 2.33. The Labute approximate surface area is 156 Å². The standard InChI is InChI=1S/C17H25NO9/c1-8(19)18-14-6-13(7-24-9(2)20)15(25-10(3)21)17(27-12(5)23)16(14)26-11(4)22/h13-17H,6-7H2,1-5H3,(H,18,19)/t13-,14+,15-,16+,17+/m1/s1. The SMILES string of the molecule is CC(=O)N[C@H]1C[C@H](COC(C)=O)[C@@H](OC(C)=O)[C@H](OC(C)=O)[C@H]1OC(C)=O. The van der Waals surface area contributed by atoms with Crippen molar-refractivity contribution >= 4 is 29.8 Å². The van der Waals surface area contributed by atoms with Crippen molar-refractivity contribution in [2.45, 2.75) is 65.4 Å². The quantitative estimate of drug-likeness (QED) is 0.488. The van der Waals surface area contributed by atoms with E-state index in [1.165, 1.54) is 27.7 Å². The molecule has 27 heavy (non-hydrogen) atoms. The van der Waals surface area contributed by atoms with Crippen molar-refractivity contribution in [3.8, 4) is 0 Å². The molecule has 1 aliphatic rings. The van der Waals surface area contributed by atoms with E-state index in [2.05, 4.69) is 5.32 Å². The minimum atomic E-state index is -1.18. The number of ether oxygens (including phenoxy) is 4. The van der Waals surface area contributed by atoms with Gasteiger partial charge < -0.3 is 24.3 Å². The summed E-state index contributed by atoms with van der Waals surface area (Å²) in [6.45, 7) is 5.87. The molecule has 0 spiro atoms. The van der Waals surface area contributed by atoms with Gasteiger partial charge in [-0.3, -0.25) is 24.0 Å². The molecule has 0 aliphatic heterocycles. The predicted molar refractivity (Wildman–Crippen MR) is 89.0 cm³/mol. The van der Waals surface area contributed by atoms with Crippen LogP contribution in [0.3, 0.4) is 0 Å². The second-order valence-corrected chi connectivity index (χ2v) is 6.33. The van der Waals surface area contributed by atoms with Crippen molar-refractivity contribution in [2.75, 3.05) is 6.61 Å². The van der Waals surface area contributed by atoms with Crippen molar-refractivity contribution in [1.82, 2.24) is 5.32 Å². The molecule has 1 N–H and O–H groups in total. The Bertz CT molecular complexity index is 603. The Morgan fingerprint density at radius 3 is 1.67 bits per heavy atom. The van der Waals surface area contributed by atoms with Crippen molar-refractivity contribution in [1.29, 1.82) is 0 Å². The first-order valence-corrected chi connectivity index (χ1v) is 8.43. The molecule has 10 heteroatoms. The summed E-state index contributed by atoms with van der Waals surface area (Å²) in [6.07, 6.45) is -3.12. The van der Waals surface area contributed by atoms with Gasteiger partial charge in [-0.2, -0.15) is 0 Å². The summed E-state index contributed by atoms with van der Waals surface area (Å²) in [5.74, 6) is -3.53. The normalized spacial score (nSPS) is 27.1. The van der Waals surface area contributed by atoms with Gasteiger partial charge in [0.15, 0.2) is 12.2 Å². The highest BCUT2D eigenvalue weighted by molar-refractivity contribution is 5.73. The lowest BCUT2D eigenvalue weighted by Crippen LogP contribution is -2.62. The molecule has 0 aromatic carbocycles. The number of nitrogens with one attached hydrogen (secondary N) is 1. The summed E-state index contributed by atoms with van der Waals surface area (Å²) in [5, 5.41) is 2.64. The lowest BCUT2D eigenvalue weighted by Gasteiger charge is -2.44. The molecule has 0 heterocycles. The monoisotopic (exact) mass is 387 g/mol. The maximum absolute atomic E-state index is 11.6. The summed E-state index contributed by atoms with van der Waals surface area (Å²) in [6, 6.07) is -0.733. The fraction of sp³-hybridized carbons (Fsp3) is 0.706. The van der Waals surface area contributed by atoms with Crippen molar-refractivity contribution in [3.63, 3.8) is 0 Å². The molecule has 1 rings (SSSR count). The highest BCUT2D eigenvalue weighted by atomic mass is 16.6. The van der Waals surface area contributed by atoms with Crippen molar-refractivity contribution in [2.24, 2.45) is 5.92 Å². The van der Waals surface area contributed by atoms with Gasteiger partial charge in [0.1, 0.15) is 6.10 Å². The van der Waals surface area contributed by atoms with Gasteiger partial charge in [0.2, 0.25) is 5.91 Å². The Balaban J connectivity index is 3.29. The van der Waals surface area contributed by atoms with Crippen LogP contribution < -0.4 is 5.32 Å². The van der Waals surface area contributed by atoms with Crippen molar-refractivity contribution < 1.29 is 42.9 Å². The first kappa shape index (κ1) is 22.4. The lowest BCUT2D eigenvalue weighted by atomic mass is 9.79. The molecule has 1 aliphatic carbocycles. The average molecular weight is 387 g/mol. The lowest BCUT2D eigenvalue weighted by molar-refractivity contribution is -0.203. The molecule has 1 fully saturated rings. The van der Waals surface area contributed by atoms with Crippen LogP contribution in [-0.4, -0.2) is 60.7 Å². The summed E-state index contributed by atoms with van der Waals surface area (Å²) in [4.78, 5) is 57.5. The second-order valence-electron chi connectivity index (χ2n) is 6.33. The van der Waals surface area contributed by atoms with E-state index in [9.17, 15) is 24.0 Å². The number of hydrogen-bond acceptors (Lipinski definition) is 9. The minimum Gasteiger partial charge on any atom is -0.465 e. The minimum absolute atomic E-state index is 0.131. The molecule has 152 valence electrons. The van der Waals surface area contributed by atoms with E-state index in [1.54, 1.807) is 0 Å². The molecule has 0 aromatic rings. The largest absolute Gasteiger partial charge is 0.465 e. The van der Waals surface area contributed by atoms with E-state index in [4.69, 9.17) is 18.9 Å². The van der Waals surface area contributed by atoms with Crippen LogP contribution in [-0.2, 0) is 42.9 Å². The van der Waals surface area contributed by atoms with Crippen LogP contribution in [0.25, 0.3) is 0 Å². The van der Waals surface area contributed by atoms with Crippen LogP contribution in [0, 0.1) is 5.92 Å². The molecular formula is C17H25NO9. The number of carbonyl (C=O) groups is 5. The molecule has 0 unspecified atom stereocenters. The Morgan fingerprint density at radius 2 is 1.22 bits per heavy atom. The topological polar surface area (TPSA) is 134 Å². The number of rotatable bonds is 6. The number of amides is 1. The molecule has 1 saturated carbocycles. The van der Waals surface area contributed by atoms with Gasteiger partial charge in [0.05, 0.1) is 12.6 Å². The predicted octanol–water partition coefficient (Wildman–Crippen LogP) is -0.131. The molecule has 10 nitrogen and oxygen atoms in total. The fourth-order valence-corrected chi connectivity index (χ4v) is 3.09. The first-order valence-electron chi connectivity index (χ1n) is 8.43. The van der Waals surface area contributed by atoms with E-state index in [0.29, 0.717) is 0 Å². The molecule has 0 saturated heterocycles. The van der Waals surface area contributed by atoms with Gasteiger partial charge in [0, 0.05) is 40.5 Å². The third-order valence-electron chi connectivity index (χ3n) is 3.86. The van der Waals surface area contributed by atoms with Gasteiger partial charge in [-0.25, -0.2) is 0 Å². The zero-order chi connectivity index (χ0) is 20.7. The summed E-state index contributed by atoms with van der Waals surface area (Å²) in [5.41, 5.74) is 0. The summed E-state index contributed by atoms with van der Waals surface area (Å²) in [7, 11) is 0. The van der Waals surface area contributed by atoms with Crippen molar-refractivity contribution in [3.05, 3.63) is 0 Å². The fourth-order valence-electron chi connectivity index (χ4n) is 3.09. The number of hydrogen-bond donors (Lipinski definition) is 1. The van der Waals surface area contributed by atoms with Gasteiger partial charge in [-0.15, -0.1) is 0 Å². The van der Waals surface area contributed by atoms with Crippen LogP contribution >= 0.6 is 0 Å². The molecule has 0 radical (unpaired) electrons. The molecule has 0 aromatic heterocycles. The molecule has 0 bridgehead atoms. The highest BCUT2D eigenvalue weighted by Gasteiger charge is 2.51. The third-order valence-corrected chi connectivity index (χ3v) is 3.86. The van der Waals surface area contributed by atoms with E-state index in [0.717, 1.165) is 6.92 Å². The molecule has 1 amide bonds. The van der Waals surface area contributed by atoms with Gasteiger partial charge in [-0.1, -0.05) is 0 Å². The number of carbonyl (C=O) groups excluding carboxylic acids is 5. The van der Waals surface area contributed by atoms with Crippen LogP contribution in [0.2, 0.25) is 0 Å². The third kappa shape index (κ3) is 7.24. The summed E-state index contributed by atoms with van der Waals surface area (Å²) < 4.78 is 20.9. The maximum atomic E-state index is 11.6. The first-order chi connectivity index (χ1) is 12.5. The second kappa shape index (κ2) is 9.89. The van der Waals surface area contributed by atoms with Gasteiger partial charge in [-0.05, 0) is 6.42 Å². The van der Waals surface area contributed by atoms with E-state index in [-0.39, 0.29) is 13.0 Å². The Hall–Kier alpha value is -2.65. The Morgan fingerprint density at radius 1 is 0.741 bits per heavy atom. The van der Waals surface area contributed by atoms with Crippen LogP contribution in [0.15, 0.2) is 0 Å². The van der Waals surface area contributed by atoms with E-state index < -0.39 is 60.1 Å². The van der Waals surface area contributed by atoms with Crippen LogP contribution in [0.1, 0.15) is 41.0 Å². The number of esters is 4. The zero-order valence-corrected chi connectivity index (χ0v) is 16.0. The average Bonchev–Trinajstić information content (AvgIpc) is 2.49. The summed E-state index contributed by atoms with van der Waals surface area (Å²) >= 11 is 0. The van der Waals surface area contributed by atoms with Crippen LogP contribution in [0.5, 0.6) is 0 Å². The molecular weight excluding hydrogens is 362 g/mol. The van der Waals surface area contributed by atoms with Gasteiger partial charge >= 0.3 is 23.9 Å². The zero-order valence-electron chi connectivity index (χ0n) is 16.0.